The highest BCUT2D eigenvalue weighted by molar-refractivity contribution is 7.98. The van der Waals surface area contributed by atoms with Gasteiger partial charge in [-0.15, -0.1) is 5.10 Å². The summed E-state index contributed by atoms with van der Waals surface area (Å²) in [6.45, 7) is 4.27. The van der Waals surface area contributed by atoms with E-state index in [9.17, 15) is 0 Å². The van der Waals surface area contributed by atoms with Crippen LogP contribution in [0.25, 0.3) is 11.4 Å². The fourth-order valence-corrected chi connectivity index (χ4v) is 3.03. The first kappa shape index (κ1) is 14.9. The van der Waals surface area contributed by atoms with Crippen LogP contribution < -0.4 is 0 Å². The summed E-state index contributed by atoms with van der Waals surface area (Å²) >= 11 is 1.65. The number of nitrogens with zero attached hydrogens (tertiary/aromatic N) is 2. The van der Waals surface area contributed by atoms with Gasteiger partial charge < -0.3 is 0 Å². The molecule has 0 unspecified atom stereocenters. The Hall–Kier alpha value is -2.07. The van der Waals surface area contributed by atoms with Gasteiger partial charge in [-0.2, -0.15) is 0 Å². The normalized spacial score (nSPS) is 10.8. The number of aromatic amines is 1. The zero-order chi connectivity index (χ0) is 15.4. The van der Waals surface area contributed by atoms with Gasteiger partial charge >= 0.3 is 0 Å². The largest absolute Gasteiger partial charge is 0.258 e. The van der Waals surface area contributed by atoms with Crippen LogP contribution in [0, 0.1) is 6.92 Å². The monoisotopic (exact) mass is 309 g/mol. The van der Waals surface area contributed by atoms with Crippen molar-refractivity contribution in [3.05, 3.63) is 65.2 Å². The molecule has 2 aromatic carbocycles. The Morgan fingerprint density at radius 1 is 1.05 bits per heavy atom. The van der Waals surface area contributed by atoms with Crippen molar-refractivity contribution < 1.29 is 0 Å². The maximum absolute atomic E-state index is 4.57. The van der Waals surface area contributed by atoms with Crippen LogP contribution in [0.5, 0.6) is 0 Å². The van der Waals surface area contributed by atoms with E-state index in [-0.39, 0.29) is 0 Å². The Labute approximate surface area is 135 Å². The van der Waals surface area contributed by atoms with Crippen molar-refractivity contribution in [3.63, 3.8) is 0 Å². The van der Waals surface area contributed by atoms with Crippen LogP contribution in [0.3, 0.4) is 0 Å². The average Bonchev–Trinajstić information content (AvgIpc) is 3.02. The van der Waals surface area contributed by atoms with Gasteiger partial charge in [-0.25, -0.2) is 4.98 Å². The van der Waals surface area contributed by atoms with Crippen LogP contribution in [0.4, 0.5) is 0 Å². The molecular weight excluding hydrogens is 290 g/mol. The number of hydrogen-bond donors (Lipinski definition) is 1. The lowest BCUT2D eigenvalue weighted by Crippen LogP contribution is -1.84. The van der Waals surface area contributed by atoms with Crippen LogP contribution in [-0.2, 0) is 12.2 Å². The van der Waals surface area contributed by atoms with Crippen LogP contribution in [-0.4, -0.2) is 15.2 Å². The van der Waals surface area contributed by atoms with Gasteiger partial charge in [0.15, 0.2) is 5.82 Å². The molecule has 0 saturated carbocycles. The lowest BCUT2D eigenvalue weighted by atomic mass is 10.1. The minimum atomic E-state index is 0.788. The van der Waals surface area contributed by atoms with Crippen LogP contribution in [0.15, 0.2) is 53.7 Å². The summed E-state index contributed by atoms with van der Waals surface area (Å²) in [6, 6.07) is 17.0. The van der Waals surface area contributed by atoms with E-state index < -0.39 is 0 Å². The van der Waals surface area contributed by atoms with Gasteiger partial charge in [-0.05, 0) is 24.5 Å². The molecule has 3 nitrogen and oxygen atoms in total. The molecule has 0 aliphatic heterocycles. The van der Waals surface area contributed by atoms with E-state index in [1.54, 1.807) is 11.8 Å². The summed E-state index contributed by atoms with van der Waals surface area (Å²) in [6.07, 6.45) is 1.05. The first-order valence-corrected chi connectivity index (χ1v) is 8.43. The van der Waals surface area contributed by atoms with E-state index in [0.29, 0.717) is 0 Å². The Morgan fingerprint density at radius 2 is 1.86 bits per heavy atom. The highest BCUT2D eigenvalue weighted by Gasteiger charge is 2.06. The number of hydrogen-bond acceptors (Lipinski definition) is 3. The van der Waals surface area contributed by atoms with Crippen molar-refractivity contribution in [1.29, 1.82) is 0 Å². The lowest BCUT2D eigenvalue weighted by Gasteiger charge is -2.00. The van der Waals surface area contributed by atoms with E-state index >= 15 is 0 Å². The number of nitrogens with one attached hydrogen (secondary N) is 1. The molecule has 3 aromatic rings. The molecule has 0 spiro atoms. The number of H-pyrrole nitrogens is 1. The molecule has 0 radical (unpaired) electrons. The van der Waals surface area contributed by atoms with Crippen molar-refractivity contribution >= 4 is 11.8 Å². The first-order valence-electron chi connectivity index (χ1n) is 7.44. The van der Waals surface area contributed by atoms with E-state index in [2.05, 4.69) is 77.6 Å². The molecule has 0 amide bonds. The van der Waals surface area contributed by atoms with Crippen LogP contribution in [0.1, 0.15) is 23.6 Å². The highest BCUT2D eigenvalue weighted by Crippen LogP contribution is 2.23. The van der Waals surface area contributed by atoms with Crippen molar-refractivity contribution in [3.8, 4) is 11.4 Å². The van der Waals surface area contributed by atoms with Gasteiger partial charge in [-0.1, -0.05) is 72.8 Å². The van der Waals surface area contributed by atoms with Crippen LogP contribution >= 0.6 is 11.8 Å². The fourth-order valence-electron chi connectivity index (χ4n) is 2.29. The molecule has 0 bridgehead atoms. The fraction of sp³-hybridized carbons (Fsp3) is 0.222. The second-order valence-corrected chi connectivity index (χ2v) is 6.24. The third-order valence-corrected chi connectivity index (χ3v) is 4.47. The summed E-state index contributed by atoms with van der Waals surface area (Å²) in [5.41, 5.74) is 4.98. The topological polar surface area (TPSA) is 41.6 Å². The zero-order valence-electron chi connectivity index (χ0n) is 12.8. The maximum atomic E-state index is 4.57. The number of benzene rings is 2. The lowest BCUT2D eigenvalue weighted by molar-refractivity contribution is 0.973. The summed E-state index contributed by atoms with van der Waals surface area (Å²) < 4.78 is 0. The van der Waals surface area contributed by atoms with Gasteiger partial charge in [0.2, 0.25) is 5.16 Å². The molecule has 1 N–H and O–H groups in total. The summed E-state index contributed by atoms with van der Waals surface area (Å²) in [5.74, 6) is 1.71. The molecule has 1 heterocycles. The zero-order valence-corrected chi connectivity index (χ0v) is 13.7. The molecule has 0 fully saturated rings. The molecule has 1 aromatic heterocycles. The van der Waals surface area contributed by atoms with Crippen molar-refractivity contribution in [2.45, 2.75) is 31.2 Å². The van der Waals surface area contributed by atoms with Crippen molar-refractivity contribution in [2.75, 3.05) is 0 Å². The second-order valence-electron chi connectivity index (χ2n) is 5.29. The molecule has 22 heavy (non-hydrogen) atoms. The van der Waals surface area contributed by atoms with Gasteiger partial charge in [0.25, 0.3) is 0 Å². The second kappa shape index (κ2) is 6.79. The molecular formula is C18H19N3S. The molecule has 3 rings (SSSR count). The van der Waals surface area contributed by atoms with E-state index in [1.807, 2.05) is 0 Å². The third kappa shape index (κ3) is 3.57. The number of aromatic nitrogens is 3. The Balaban J connectivity index is 1.68. The number of thioether (sulfide) groups is 1. The average molecular weight is 309 g/mol. The summed E-state index contributed by atoms with van der Waals surface area (Å²) in [5, 5.41) is 8.11. The summed E-state index contributed by atoms with van der Waals surface area (Å²) in [7, 11) is 0. The van der Waals surface area contributed by atoms with Crippen molar-refractivity contribution in [1.82, 2.24) is 15.2 Å². The van der Waals surface area contributed by atoms with Gasteiger partial charge in [0.05, 0.1) is 0 Å². The first-order chi connectivity index (χ1) is 10.7. The van der Waals surface area contributed by atoms with Gasteiger partial charge in [-0.3, -0.25) is 5.10 Å². The third-order valence-electron chi connectivity index (χ3n) is 3.55. The predicted molar refractivity (Wildman–Crippen MR) is 91.9 cm³/mol. The van der Waals surface area contributed by atoms with Gasteiger partial charge in [0.1, 0.15) is 0 Å². The van der Waals surface area contributed by atoms with E-state index in [1.165, 1.54) is 16.7 Å². The molecule has 112 valence electrons. The Kier molecular flexibility index (Phi) is 4.59. The molecule has 4 heteroatoms. The number of aryl methyl sites for hydroxylation is 2. The molecule has 0 aliphatic rings. The molecule has 0 saturated heterocycles. The smallest absolute Gasteiger partial charge is 0.209 e. The van der Waals surface area contributed by atoms with E-state index in [4.69, 9.17) is 0 Å². The van der Waals surface area contributed by atoms with Crippen LogP contribution in [0.2, 0.25) is 0 Å². The van der Waals surface area contributed by atoms with E-state index in [0.717, 1.165) is 28.7 Å². The van der Waals surface area contributed by atoms with Gasteiger partial charge in [0, 0.05) is 11.3 Å². The highest BCUT2D eigenvalue weighted by atomic mass is 32.2. The minimum Gasteiger partial charge on any atom is -0.258 e. The standard InChI is InChI=1S/C18H19N3S/c1-3-14-7-9-16(10-8-14)17-19-18(21-20-17)22-12-15-6-4-5-13(2)11-15/h4-11H,3,12H2,1-2H3,(H,19,20,21). The number of rotatable bonds is 5. The Bertz CT molecular complexity index is 747. The molecule has 0 aliphatic carbocycles. The minimum absolute atomic E-state index is 0.788. The quantitative estimate of drug-likeness (QED) is 0.698. The predicted octanol–water partition coefficient (Wildman–Crippen LogP) is 4.63. The molecule has 0 atom stereocenters. The van der Waals surface area contributed by atoms with Crippen molar-refractivity contribution in [2.24, 2.45) is 0 Å². The summed E-state index contributed by atoms with van der Waals surface area (Å²) in [4.78, 5) is 4.57. The Morgan fingerprint density at radius 3 is 2.59 bits per heavy atom. The SMILES string of the molecule is CCc1ccc(-c2nc(SCc3cccc(C)c3)n[nH]2)cc1. The maximum Gasteiger partial charge on any atom is 0.209 e.